The van der Waals surface area contributed by atoms with Crippen molar-refractivity contribution in [1.82, 2.24) is 9.55 Å². The highest BCUT2D eigenvalue weighted by Crippen LogP contribution is 2.23. The number of aryl methyl sites for hydroxylation is 2. The number of benzene rings is 2. The molecule has 0 atom stereocenters. The second-order valence-electron chi connectivity index (χ2n) is 5.05. The van der Waals surface area contributed by atoms with Crippen LogP contribution in [0.15, 0.2) is 60.8 Å². The highest BCUT2D eigenvalue weighted by molar-refractivity contribution is 5.57. The standard InChI is InChI=1S/C18H19N3/c1-3-15-9-7-8-12-17(15)21-13-14(2)19-18(21)20-16-10-5-4-6-11-16/h4-13H,3H2,1-2H3,(H,19,20). The van der Waals surface area contributed by atoms with E-state index >= 15 is 0 Å². The average Bonchev–Trinajstić information content (AvgIpc) is 2.88. The van der Waals surface area contributed by atoms with Crippen molar-refractivity contribution < 1.29 is 0 Å². The molecule has 0 amide bonds. The monoisotopic (exact) mass is 277 g/mol. The van der Waals surface area contributed by atoms with E-state index in [9.17, 15) is 0 Å². The van der Waals surface area contributed by atoms with Crippen molar-refractivity contribution in [3.63, 3.8) is 0 Å². The Labute approximate surface area is 125 Å². The molecule has 0 saturated carbocycles. The molecule has 0 unspecified atom stereocenters. The van der Waals surface area contributed by atoms with E-state index in [0.29, 0.717) is 0 Å². The number of hydrogen-bond acceptors (Lipinski definition) is 2. The van der Waals surface area contributed by atoms with E-state index < -0.39 is 0 Å². The van der Waals surface area contributed by atoms with Crippen molar-refractivity contribution in [3.8, 4) is 5.69 Å². The average molecular weight is 277 g/mol. The van der Waals surface area contributed by atoms with Gasteiger partial charge in [0.05, 0.1) is 11.4 Å². The number of anilines is 2. The van der Waals surface area contributed by atoms with Gasteiger partial charge in [0.15, 0.2) is 0 Å². The smallest absolute Gasteiger partial charge is 0.212 e. The van der Waals surface area contributed by atoms with Gasteiger partial charge in [-0.15, -0.1) is 0 Å². The molecule has 0 saturated heterocycles. The molecule has 0 spiro atoms. The van der Waals surface area contributed by atoms with Crippen LogP contribution in [-0.2, 0) is 6.42 Å². The van der Waals surface area contributed by atoms with E-state index in [4.69, 9.17) is 0 Å². The third-order valence-electron chi connectivity index (χ3n) is 3.49. The van der Waals surface area contributed by atoms with Crippen molar-refractivity contribution >= 4 is 11.6 Å². The number of para-hydroxylation sites is 2. The summed E-state index contributed by atoms with van der Waals surface area (Å²) >= 11 is 0. The van der Waals surface area contributed by atoms with Gasteiger partial charge in [0.2, 0.25) is 5.95 Å². The summed E-state index contributed by atoms with van der Waals surface area (Å²) in [6, 6.07) is 18.6. The van der Waals surface area contributed by atoms with Crippen LogP contribution in [0.3, 0.4) is 0 Å². The summed E-state index contributed by atoms with van der Waals surface area (Å²) in [6.45, 7) is 4.19. The lowest BCUT2D eigenvalue weighted by atomic mass is 10.1. The Morgan fingerprint density at radius 2 is 1.71 bits per heavy atom. The minimum Gasteiger partial charge on any atom is -0.325 e. The van der Waals surface area contributed by atoms with Gasteiger partial charge < -0.3 is 5.32 Å². The Morgan fingerprint density at radius 3 is 2.48 bits per heavy atom. The molecular weight excluding hydrogens is 258 g/mol. The van der Waals surface area contributed by atoms with E-state index in [-0.39, 0.29) is 0 Å². The van der Waals surface area contributed by atoms with Crippen molar-refractivity contribution in [3.05, 3.63) is 72.1 Å². The first-order valence-corrected chi connectivity index (χ1v) is 7.24. The molecule has 0 radical (unpaired) electrons. The molecule has 1 N–H and O–H groups in total. The molecule has 3 aromatic rings. The van der Waals surface area contributed by atoms with Crippen LogP contribution in [0.2, 0.25) is 0 Å². The second-order valence-corrected chi connectivity index (χ2v) is 5.05. The van der Waals surface area contributed by atoms with Crippen LogP contribution >= 0.6 is 0 Å². The fraction of sp³-hybridized carbons (Fsp3) is 0.167. The lowest BCUT2D eigenvalue weighted by Crippen LogP contribution is -2.03. The largest absolute Gasteiger partial charge is 0.325 e. The van der Waals surface area contributed by atoms with Crippen LogP contribution in [0.5, 0.6) is 0 Å². The molecule has 1 aromatic heterocycles. The lowest BCUT2D eigenvalue weighted by molar-refractivity contribution is 1.01. The maximum Gasteiger partial charge on any atom is 0.212 e. The number of aromatic nitrogens is 2. The number of rotatable bonds is 4. The van der Waals surface area contributed by atoms with Crippen molar-refractivity contribution in [2.75, 3.05) is 5.32 Å². The third-order valence-corrected chi connectivity index (χ3v) is 3.49. The predicted octanol–water partition coefficient (Wildman–Crippen LogP) is 4.49. The first kappa shape index (κ1) is 13.4. The SMILES string of the molecule is CCc1ccccc1-n1cc(C)nc1Nc1ccccc1. The summed E-state index contributed by atoms with van der Waals surface area (Å²) in [5.74, 6) is 0.847. The fourth-order valence-corrected chi connectivity index (χ4v) is 2.46. The molecular formula is C18H19N3. The zero-order valence-electron chi connectivity index (χ0n) is 12.4. The van der Waals surface area contributed by atoms with Crippen LogP contribution in [0.4, 0.5) is 11.6 Å². The minimum absolute atomic E-state index is 0.847. The lowest BCUT2D eigenvalue weighted by Gasteiger charge is -2.13. The maximum atomic E-state index is 4.61. The highest BCUT2D eigenvalue weighted by atomic mass is 15.2. The molecule has 0 aliphatic carbocycles. The van der Waals surface area contributed by atoms with E-state index in [1.54, 1.807) is 0 Å². The summed E-state index contributed by atoms with van der Waals surface area (Å²) in [5.41, 5.74) is 4.53. The van der Waals surface area contributed by atoms with E-state index in [2.05, 4.69) is 52.3 Å². The van der Waals surface area contributed by atoms with Crippen LogP contribution in [0, 0.1) is 6.92 Å². The topological polar surface area (TPSA) is 29.9 Å². The molecule has 0 fully saturated rings. The fourth-order valence-electron chi connectivity index (χ4n) is 2.46. The van der Waals surface area contributed by atoms with Gasteiger partial charge in [-0.3, -0.25) is 4.57 Å². The van der Waals surface area contributed by atoms with Gasteiger partial charge in [0, 0.05) is 11.9 Å². The van der Waals surface area contributed by atoms with Crippen LogP contribution in [0.25, 0.3) is 5.69 Å². The van der Waals surface area contributed by atoms with Gasteiger partial charge in [-0.25, -0.2) is 4.98 Å². The van der Waals surface area contributed by atoms with Gasteiger partial charge in [0.1, 0.15) is 0 Å². The molecule has 0 aliphatic rings. The van der Waals surface area contributed by atoms with Crippen molar-refractivity contribution in [2.45, 2.75) is 20.3 Å². The molecule has 2 aromatic carbocycles. The van der Waals surface area contributed by atoms with E-state index in [1.165, 1.54) is 11.3 Å². The summed E-state index contributed by atoms with van der Waals surface area (Å²) in [6.07, 6.45) is 3.07. The Bertz CT molecular complexity index is 729. The Balaban J connectivity index is 2.03. The third kappa shape index (κ3) is 2.82. The Hall–Kier alpha value is -2.55. The van der Waals surface area contributed by atoms with Gasteiger partial charge >= 0.3 is 0 Å². The zero-order chi connectivity index (χ0) is 14.7. The first-order valence-electron chi connectivity index (χ1n) is 7.24. The zero-order valence-corrected chi connectivity index (χ0v) is 12.4. The summed E-state index contributed by atoms with van der Waals surface area (Å²) in [4.78, 5) is 4.61. The molecule has 1 heterocycles. The number of hydrogen-bond donors (Lipinski definition) is 1. The number of imidazole rings is 1. The van der Waals surface area contributed by atoms with Crippen LogP contribution in [0.1, 0.15) is 18.2 Å². The molecule has 3 nitrogen and oxygen atoms in total. The van der Waals surface area contributed by atoms with Crippen LogP contribution in [-0.4, -0.2) is 9.55 Å². The molecule has 0 bridgehead atoms. The molecule has 3 rings (SSSR count). The first-order chi connectivity index (χ1) is 10.3. The molecule has 21 heavy (non-hydrogen) atoms. The van der Waals surface area contributed by atoms with E-state index in [1.807, 2.05) is 37.3 Å². The Morgan fingerprint density at radius 1 is 1.00 bits per heavy atom. The quantitative estimate of drug-likeness (QED) is 0.761. The van der Waals surface area contributed by atoms with Crippen molar-refractivity contribution in [1.29, 1.82) is 0 Å². The molecule has 3 heteroatoms. The van der Waals surface area contributed by atoms with Gasteiger partial charge in [-0.05, 0) is 37.1 Å². The molecule has 0 aliphatic heterocycles. The normalized spacial score (nSPS) is 10.6. The predicted molar refractivity (Wildman–Crippen MR) is 87.4 cm³/mol. The summed E-state index contributed by atoms with van der Waals surface area (Å²) < 4.78 is 2.13. The summed E-state index contributed by atoms with van der Waals surface area (Å²) in [7, 11) is 0. The van der Waals surface area contributed by atoms with Gasteiger partial charge in [0.25, 0.3) is 0 Å². The van der Waals surface area contributed by atoms with Gasteiger partial charge in [-0.2, -0.15) is 0 Å². The summed E-state index contributed by atoms with van der Waals surface area (Å²) in [5, 5.41) is 3.39. The minimum atomic E-state index is 0.847. The van der Waals surface area contributed by atoms with E-state index in [0.717, 1.165) is 23.8 Å². The second kappa shape index (κ2) is 5.83. The highest BCUT2D eigenvalue weighted by Gasteiger charge is 2.10. The maximum absolute atomic E-state index is 4.61. The number of nitrogens with one attached hydrogen (secondary N) is 1. The Kier molecular flexibility index (Phi) is 3.73. The van der Waals surface area contributed by atoms with Crippen LogP contribution < -0.4 is 5.32 Å². The van der Waals surface area contributed by atoms with Crippen molar-refractivity contribution in [2.24, 2.45) is 0 Å². The molecule has 106 valence electrons. The number of nitrogens with zero attached hydrogens (tertiary/aromatic N) is 2. The van der Waals surface area contributed by atoms with Gasteiger partial charge in [-0.1, -0.05) is 43.3 Å².